The molecule has 0 unspecified atom stereocenters. The maximum atomic E-state index is 6.11. The highest BCUT2D eigenvalue weighted by Crippen LogP contribution is 2.31. The zero-order chi connectivity index (χ0) is 13.6. The third kappa shape index (κ3) is 1.99. The normalized spacial score (nSPS) is 15.2. The third-order valence-electron chi connectivity index (χ3n) is 3.93. The van der Waals surface area contributed by atoms with Crippen molar-refractivity contribution in [3.8, 4) is 0 Å². The van der Waals surface area contributed by atoms with Gasteiger partial charge in [0, 0.05) is 12.2 Å². The molecule has 2 heterocycles. The first-order valence-corrected chi connectivity index (χ1v) is 7.22. The van der Waals surface area contributed by atoms with Crippen molar-refractivity contribution in [3.63, 3.8) is 0 Å². The second kappa shape index (κ2) is 4.51. The monoisotopic (exact) mass is 258 g/mol. The van der Waals surface area contributed by atoms with Gasteiger partial charge in [-0.15, -0.1) is 0 Å². The standard InChI is InChI=1S/C15H22N4/c1-9(2)8-19-10(3)17-13-14(19)11-6-4-5-7-12(11)18-15(13)16/h9H,4-8H2,1-3H3,(H2,16,18). The molecule has 0 saturated heterocycles. The summed E-state index contributed by atoms with van der Waals surface area (Å²) in [6, 6.07) is 0. The molecule has 4 nitrogen and oxygen atoms in total. The molecule has 0 amide bonds. The fourth-order valence-electron chi connectivity index (χ4n) is 3.10. The number of anilines is 1. The zero-order valence-corrected chi connectivity index (χ0v) is 12.0. The minimum absolute atomic E-state index is 0.598. The molecule has 3 rings (SSSR count). The van der Waals surface area contributed by atoms with Crippen LogP contribution in [-0.4, -0.2) is 14.5 Å². The molecule has 0 radical (unpaired) electrons. The lowest BCUT2D eigenvalue weighted by atomic mass is 9.94. The highest BCUT2D eigenvalue weighted by Gasteiger charge is 2.21. The van der Waals surface area contributed by atoms with Crippen LogP contribution in [0.5, 0.6) is 0 Å². The first-order valence-electron chi connectivity index (χ1n) is 7.22. The van der Waals surface area contributed by atoms with Crippen LogP contribution in [0.3, 0.4) is 0 Å². The molecule has 0 saturated carbocycles. The second-order valence-corrected chi connectivity index (χ2v) is 5.99. The SMILES string of the molecule is Cc1nc2c(N)nc3c(c2n1CC(C)C)CCCC3. The summed E-state index contributed by atoms with van der Waals surface area (Å²) in [5.74, 6) is 2.25. The number of nitrogen functional groups attached to an aromatic ring is 1. The van der Waals surface area contributed by atoms with Crippen molar-refractivity contribution < 1.29 is 0 Å². The Kier molecular flexibility index (Phi) is 2.96. The minimum Gasteiger partial charge on any atom is -0.382 e. The average molecular weight is 258 g/mol. The number of pyridine rings is 1. The van der Waals surface area contributed by atoms with Crippen molar-refractivity contribution in [2.75, 3.05) is 5.73 Å². The average Bonchev–Trinajstić information content (AvgIpc) is 2.68. The van der Waals surface area contributed by atoms with Crippen LogP contribution in [0.25, 0.3) is 11.0 Å². The summed E-state index contributed by atoms with van der Waals surface area (Å²) in [6.07, 6.45) is 4.64. The first kappa shape index (κ1) is 12.5. The molecule has 4 heteroatoms. The Labute approximate surface area is 114 Å². The van der Waals surface area contributed by atoms with Crippen LogP contribution in [0.2, 0.25) is 0 Å². The van der Waals surface area contributed by atoms with E-state index in [0.29, 0.717) is 11.7 Å². The molecule has 0 aliphatic heterocycles. The molecular formula is C15H22N4. The zero-order valence-electron chi connectivity index (χ0n) is 12.0. The lowest BCUT2D eigenvalue weighted by molar-refractivity contribution is 0.522. The number of nitrogens with zero attached hydrogens (tertiary/aromatic N) is 3. The van der Waals surface area contributed by atoms with Crippen LogP contribution < -0.4 is 5.73 Å². The molecular weight excluding hydrogens is 236 g/mol. The molecule has 0 atom stereocenters. The van der Waals surface area contributed by atoms with E-state index >= 15 is 0 Å². The van der Waals surface area contributed by atoms with Crippen LogP contribution in [0.15, 0.2) is 0 Å². The predicted octanol–water partition coefficient (Wildman–Crippen LogP) is 2.86. The second-order valence-electron chi connectivity index (χ2n) is 5.99. The van der Waals surface area contributed by atoms with Crippen molar-refractivity contribution in [2.24, 2.45) is 5.92 Å². The summed E-state index contributed by atoms with van der Waals surface area (Å²) in [5.41, 5.74) is 10.8. The minimum atomic E-state index is 0.598. The highest BCUT2D eigenvalue weighted by molar-refractivity contribution is 5.89. The molecule has 0 fully saturated rings. The fourth-order valence-corrected chi connectivity index (χ4v) is 3.10. The van der Waals surface area contributed by atoms with Crippen molar-refractivity contribution in [1.82, 2.24) is 14.5 Å². The van der Waals surface area contributed by atoms with E-state index in [1.807, 2.05) is 0 Å². The Bertz CT molecular complexity index is 625. The van der Waals surface area contributed by atoms with Gasteiger partial charge in [0.1, 0.15) is 11.3 Å². The topological polar surface area (TPSA) is 56.7 Å². The Morgan fingerprint density at radius 3 is 2.68 bits per heavy atom. The maximum absolute atomic E-state index is 6.11. The number of aryl methyl sites for hydroxylation is 3. The maximum Gasteiger partial charge on any atom is 0.151 e. The summed E-state index contributed by atoms with van der Waals surface area (Å²) in [6.45, 7) is 7.54. The number of hydrogen-bond acceptors (Lipinski definition) is 3. The molecule has 0 spiro atoms. The van der Waals surface area contributed by atoms with Crippen LogP contribution in [0.4, 0.5) is 5.82 Å². The smallest absolute Gasteiger partial charge is 0.151 e. The van der Waals surface area contributed by atoms with Crippen molar-refractivity contribution in [1.29, 1.82) is 0 Å². The van der Waals surface area contributed by atoms with Crippen LogP contribution in [0, 0.1) is 12.8 Å². The number of nitrogens with two attached hydrogens (primary N) is 1. The molecule has 19 heavy (non-hydrogen) atoms. The Morgan fingerprint density at radius 2 is 1.95 bits per heavy atom. The lowest BCUT2D eigenvalue weighted by Gasteiger charge is -2.18. The van der Waals surface area contributed by atoms with Gasteiger partial charge in [-0.25, -0.2) is 9.97 Å². The van der Waals surface area contributed by atoms with Crippen molar-refractivity contribution in [2.45, 2.75) is 53.0 Å². The van der Waals surface area contributed by atoms with E-state index in [1.54, 1.807) is 0 Å². The summed E-state index contributed by atoms with van der Waals surface area (Å²) in [5, 5.41) is 0. The number of rotatable bonds is 2. The summed E-state index contributed by atoms with van der Waals surface area (Å²) in [7, 11) is 0. The summed E-state index contributed by atoms with van der Waals surface area (Å²) < 4.78 is 2.34. The van der Waals surface area contributed by atoms with Gasteiger partial charge in [-0.05, 0) is 44.1 Å². The van der Waals surface area contributed by atoms with Gasteiger partial charge in [0.05, 0.1) is 5.52 Å². The molecule has 0 aromatic carbocycles. The van der Waals surface area contributed by atoms with E-state index in [2.05, 4.69) is 35.3 Å². The number of aromatic nitrogens is 3. The molecule has 102 valence electrons. The Hall–Kier alpha value is -1.58. The highest BCUT2D eigenvalue weighted by atomic mass is 15.1. The fraction of sp³-hybridized carbons (Fsp3) is 0.600. The Morgan fingerprint density at radius 1 is 1.21 bits per heavy atom. The first-order chi connectivity index (χ1) is 9.08. The van der Waals surface area contributed by atoms with Crippen molar-refractivity contribution in [3.05, 3.63) is 17.1 Å². The van der Waals surface area contributed by atoms with Gasteiger partial charge in [0.25, 0.3) is 0 Å². The van der Waals surface area contributed by atoms with E-state index in [0.717, 1.165) is 30.7 Å². The van der Waals surface area contributed by atoms with E-state index in [-0.39, 0.29) is 0 Å². The summed E-state index contributed by atoms with van der Waals surface area (Å²) >= 11 is 0. The van der Waals surface area contributed by atoms with Crippen LogP contribution in [-0.2, 0) is 19.4 Å². The van der Waals surface area contributed by atoms with E-state index in [4.69, 9.17) is 5.73 Å². The largest absolute Gasteiger partial charge is 0.382 e. The third-order valence-corrected chi connectivity index (χ3v) is 3.93. The van der Waals surface area contributed by atoms with Crippen LogP contribution >= 0.6 is 0 Å². The molecule has 2 aromatic rings. The van der Waals surface area contributed by atoms with Gasteiger partial charge in [-0.1, -0.05) is 13.8 Å². The van der Waals surface area contributed by atoms with Gasteiger partial charge in [-0.3, -0.25) is 0 Å². The number of imidazole rings is 1. The lowest BCUT2D eigenvalue weighted by Crippen LogP contribution is -2.12. The predicted molar refractivity (Wildman–Crippen MR) is 78.2 cm³/mol. The number of fused-ring (bicyclic) bond motifs is 3. The van der Waals surface area contributed by atoms with E-state index in [1.165, 1.54) is 29.6 Å². The van der Waals surface area contributed by atoms with E-state index < -0.39 is 0 Å². The van der Waals surface area contributed by atoms with Gasteiger partial charge < -0.3 is 10.3 Å². The van der Waals surface area contributed by atoms with Crippen LogP contribution in [0.1, 0.15) is 43.8 Å². The quantitative estimate of drug-likeness (QED) is 0.901. The molecule has 1 aliphatic rings. The molecule has 0 bridgehead atoms. The van der Waals surface area contributed by atoms with Gasteiger partial charge >= 0.3 is 0 Å². The van der Waals surface area contributed by atoms with Gasteiger partial charge in [-0.2, -0.15) is 0 Å². The molecule has 2 aromatic heterocycles. The molecule has 2 N–H and O–H groups in total. The summed E-state index contributed by atoms with van der Waals surface area (Å²) in [4.78, 5) is 9.23. The number of hydrogen-bond donors (Lipinski definition) is 1. The van der Waals surface area contributed by atoms with Crippen molar-refractivity contribution >= 4 is 16.9 Å². The van der Waals surface area contributed by atoms with E-state index in [9.17, 15) is 0 Å². The van der Waals surface area contributed by atoms with Gasteiger partial charge in [0.15, 0.2) is 5.82 Å². The Balaban J connectivity index is 2.30. The van der Waals surface area contributed by atoms with Gasteiger partial charge in [0.2, 0.25) is 0 Å². The molecule has 1 aliphatic carbocycles.